The third-order valence-corrected chi connectivity index (χ3v) is 3.00. The molecule has 2 unspecified atom stereocenters. The summed E-state index contributed by atoms with van der Waals surface area (Å²) in [5.74, 6) is 0. The van der Waals surface area contributed by atoms with Gasteiger partial charge in [-0.2, -0.15) is 0 Å². The second kappa shape index (κ2) is 3.57. The average molecular weight is 154 g/mol. The summed E-state index contributed by atoms with van der Waals surface area (Å²) in [6.45, 7) is 2.53. The molecule has 1 saturated heterocycles. The molecule has 0 aromatic carbocycles. The first kappa shape index (κ1) is 6.47. The lowest BCUT2D eigenvalue weighted by Gasteiger charge is -2.30. The van der Waals surface area contributed by atoms with Gasteiger partial charge in [-0.05, 0) is 38.7 Å². The van der Waals surface area contributed by atoms with Gasteiger partial charge in [0.05, 0.1) is 0 Å². The Balaban J connectivity index is 1.91. The van der Waals surface area contributed by atoms with Crippen molar-refractivity contribution in [1.82, 2.24) is 4.90 Å². The van der Waals surface area contributed by atoms with Crippen molar-refractivity contribution in [2.24, 2.45) is 0 Å². The predicted octanol–water partition coefficient (Wildman–Crippen LogP) is 2.41. The monoisotopic (exact) mass is 154 g/mol. The molecule has 1 heteroatoms. The lowest BCUT2D eigenvalue weighted by Crippen LogP contribution is -2.34. The van der Waals surface area contributed by atoms with Gasteiger partial charge in [-0.3, -0.25) is 0 Å². The smallest absolute Gasteiger partial charge is 0.0283 e. The first-order valence-corrected chi connectivity index (χ1v) is 5.04. The van der Waals surface area contributed by atoms with Gasteiger partial charge in [0.2, 0.25) is 0 Å². The largest absolute Gasteiger partial charge is 0.300 e. The summed E-state index contributed by atoms with van der Waals surface area (Å²) in [4.78, 5) is 2.55. The molecule has 11 heavy (non-hydrogen) atoms. The molecular weight excluding hydrogens is 134 g/mol. The molecule has 1 aliphatic heterocycles. The maximum Gasteiger partial charge on any atom is 0.0283 e. The molecule has 1 saturated carbocycles. The Labute approximate surface area is 71.2 Å². The van der Waals surface area contributed by atoms with E-state index in [0.717, 1.165) is 6.42 Å². The number of rotatable bonds is 1. The Morgan fingerprint density at radius 1 is 1.00 bits per heavy atom. The normalized spacial score (nSPS) is 42.4. The van der Waals surface area contributed by atoms with Crippen LogP contribution in [0.15, 0.2) is 0 Å². The number of likely N-dealkylation sites (tertiary alicyclic amines) is 1. The fourth-order valence-electron chi connectivity index (χ4n) is 2.33. The van der Waals surface area contributed by atoms with Gasteiger partial charge in [0.15, 0.2) is 0 Å². The third kappa shape index (κ3) is 1.76. The minimum atomic E-state index is 0.219. The molecule has 0 aromatic heterocycles. The lowest BCUT2D eigenvalue weighted by atomic mass is 9.94. The Morgan fingerprint density at radius 3 is 2.55 bits per heavy atom. The van der Waals surface area contributed by atoms with Crippen molar-refractivity contribution in [3.8, 4) is 0 Å². The fourth-order valence-corrected chi connectivity index (χ4v) is 2.33. The molecule has 1 nitrogen and oxygen atoms in total. The third-order valence-electron chi connectivity index (χ3n) is 3.00. The van der Waals surface area contributed by atoms with E-state index in [1.165, 1.54) is 45.2 Å². The number of hydrogen-bond acceptors (Lipinski definition) is 1. The minimum Gasteiger partial charge on any atom is -0.300 e. The van der Waals surface area contributed by atoms with Gasteiger partial charge < -0.3 is 4.90 Å². The summed E-state index contributed by atoms with van der Waals surface area (Å²) in [5, 5.41) is 0. The van der Waals surface area contributed by atoms with Crippen molar-refractivity contribution in [2.45, 2.75) is 51.0 Å². The standard InChI is InChI=1S/C10H19N/c1-2-6-10(7-3-1)11-8-4-5-9-11/h10H,1-9H2/i6D. The van der Waals surface area contributed by atoms with E-state index in [4.69, 9.17) is 1.37 Å². The summed E-state index contributed by atoms with van der Waals surface area (Å²) in [5.41, 5.74) is 0. The van der Waals surface area contributed by atoms with Crippen LogP contribution in [0, 0.1) is 0 Å². The van der Waals surface area contributed by atoms with Crippen LogP contribution >= 0.6 is 0 Å². The van der Waals surface area contributed by atoms with Crippen LogP contribution in [0.2, 0.25) is 0 Å². The van der Waals surface area contributed by atoms with Gasteiger partial charge in [-0.1, -0.05) is 19.3 Å². The van der Waals surface area contributed by atoms with Crippen molar-refractivity contribution < 1.29 is 1.37 Å². The molecule has 0 aromatic rings. The number of nitrogens with zero attached hydrogens (tertiary/aromatic N) is 1. The molecular formula is C10H19N. The van der Waals surface area contributed by atoms with Crippen molar-refractivity contribution in [3.63, 3.8) is 0 Å². The van der Waals surface area contributed by atoms with Gasteiger partial charge in [0, 0.05) is 7.41 Å². The van der Waals surface area contributed by atoms with E-state index in [1.54, 1.807) is 0 Å². The Bertz CT molecular complexity index is 143. The van der Waals surface area contributed by atoms with E-state index >= 15 is 0 Å². The Hall–Kier alpha value is -0.0400. The minimum absolute atomic E-state index is 0.219. The molecule has 2 aliphatic rings. The zero-order valence-corrected chi connectivity index (χ0v) is 7.26. The van der Waals surface area contributed by atoms with Crippen LogP contribution in [-0.4, -0.2) is 24.0 Å². The van der Waals surface area contributed by atoms with Gasteiger partial charge in [0.1, 0.15) is 0 Å². The highest BCUT2D eigenvalue weighted by Crippen LogP contribution is 2.25. The lowest BCUT2D eigenvalue weighted by molar-refractivity contribution is 0.191. The summed E-state index contributed by atoms with van der Waals surface area (Å²) >= 11 is 0. The molecule has 0 amide bonds. The molecule has 1 aliphatic carbocycles. The van der Waals surface area contributed by atoms with Crippen LogP contribution < -0.4 is 0 Å². The molecule has 0 spiro atoms. The van der Waals surface area contributed by atoms with Crippen LogP contribution in [0.3, 0.4) is 0 Å². The van der Waals surface area contributed by atoms with E-state index in [2.05, 4.69) is 4.90 Å². The molecule has 64 valence electrons. The average Bonchev–Trinajstić information content (AvgIpc) is 2.57. The van der Waals surface area contributed by atoms with Gasteiger partial charge in [-0.15, -0.1) is 0 Å². The van der Waals surface area contributed by atoms with E-state index in [0.29, 0.717) is 6.04 Å². The maximum absolute atomic E-state index is 7.95. The first-order valence-electron chi connectivity index (χ1n) is 5.62. The molecule has 0 N–H and O–H groups in total. The van der Waals surface area contributed by atoms with Gasteiger partial charge in [-0.25, -0.2) is 0 Å². The molecule has 0 radical (unpaired) electrons. The topological polar surface area (TPSA) is 3.24 Å². The Morgan fingerprint density at radius 2 is 1.82 bits per heavy atom. The second-order valence-corrected chi connectivity index (χ2v) is 3.83. The summed E-state index contributed by atoms with van der Waals surface area (Å²) in [6, 6.07) is 0.612. The van der Waals surface area contributed by atoms with Crippen LogP contribution in [0.25, 0.3) is 0 Å². The van der Waals surface area contributed by atoms with Crippen LogP contribution in [0.1, 0.15) is 46.3 Å². The van der Waals surface area contributed by atoms with Crippen molar-refractivity contribution in [2.75, 3.05) is 13.1 Å². The zero-order chi connectivity index (χ0) is 8.39. The quantitative estimate of drug-likeness (QED) is 0.560. The predicted molar refractivity (Wildman–Crippen MR) is 47.7 cm³/mol. The van der Waals surface area contributed by atoms with Crippen molar-refractivity contribution >= 4 is 0 Å². The molecule has 2 rings (SSSR count). The van der Waals surface area contributed by atoms with Crippen LogP contribution in [0.5, 0.6) is 0 Å². The van der Waals surface area contributed by atoms with Crippen LogP contribution in [-0.2, 0) is 0 Å². The highest BCUT2D eigenvalue weighted by atomic mass is 15.2. The molecule has 2 fully saturated rings. The van der Waals surface area contributed by atoms with Gasteiger partial charge >= 0.3 is 0 Å². The zero-order valence-electron chi connectivity index (χ0n) is 8.26. The summed E-state index contributed by atoms with van der Waals surface area (Å²) in [6.07, 6.45) is 8.02. The highest BCUT2D eigenvalue weighted by Gasteiger charge is 2.22. The van der Waals surface area contributed by atoms with Crippen molar-refractivity contribution in [1.29, 1.82) is 0 Å². The summed E-state index contributed by atoms with van der Waals surface area (Å²) in [7, 11) is 0. The maximum atomic E-state index is 7.95. The van der Waals surface area contributed by atoms with E-state index < -0.39 is 0 Å². The fraction of sp³-hybridized carbons (Fsp3) is 1.00. The highest BCUT2D eigenvalue weighted by molar-refractivity contribution is 4.78. The van der Waals surface area contributed by atoms with Gasteiger partial charge in [0.25, 0.3) is 0 Å². The van der Waals surface area contributed by atoms with Crippen molar-refractivity contribution in [3.05, 3.63) is 0 Å². The molecule has 2 atom stereocenters. The number of hydrogen-bond donors (Lipinski definition) is 0. The first-order chi connectivity index (χ1) is 5.88. The second-order valence-electron chi connectivity index (χ2n) is 3.83. The van der Waals surface area contributed by atoms with E-state index in [-0.39, 0.29) is 6.40 Å². The molecule has 0 bridgehead atoms. The van der Waals surface area contributed by atoms with E-state index in [1.807, 2.05) is 0 Å². The van der Waals surface area contributed by atoms with E-state index in [9.17, 15) is 0 Å². The Kier molecular flexibility index (Phi) is 2.10. The van der Waals surface area contributed by atoms with Crippen LogP contribution in [0.4, 0.5) is 0 Å². The molecule has 1 heterocycles. The SMILES string of the molecule is [2H]C1CCCCC1N1CCCC1. The summed E-state index contributed by atoms with van der Waals surface area (Å²) < 4.78 is 7.95.